The molecule has 0 bridgehead atoms. The molecule has 31 heavy (non-hydrogen) atoms. The molecule has 0 aliphatic carbocycles. The number of hydrogen-bond donors (Lipinski definition) is 2. The van der Waals surface area contributed by atoms with E-state index >= 15 is 0 Å². The van der Waals surface area contributed by atoms with E-state index in [0.717, 1.165) is 40.8 Å². The number of hydrogen-bond acceptors (Lipinski definition) is 4. The molecule has 1 saturated heterocycles. The lowest BCUT2D eigenvalue weighted by atomic mass is 9.96. The topological polar surface area (TPSA) is 62.5 Å². The predicted molar refractivity (Wildman–Crippen MR) is 126 cm³/mol. The minimum Gasteiger partial charge on any atom is -0.506 e. The number of thiocarbonyl (C=S) groups is 1. The lowest BCUT2D eigenvalue weighted by Gasteiger charge is -2.28. The SMILES string of the molecule is COCCCN1C(=S)N[C@H](c2ccccn2)[C@@H]1c1cc(C)n(-c2ccccc2O)c1C. The van der Waals surface area contributed by atoms with Gasteiger partial charge in [0.1, 0.15) is 5.75 Å². The number of phenolic OH excluding ortho intramolecular Hbond substituents is 1. The van der Waals surface area contributed by atoms with Crippen molar-refractivity contribution in [3.05, 3.63) is 77.4 Å². The number of methoxy groups -OCH3 is 1. The number of pyridine rings is 1. The predicted octanol–water partition coefficient (Wildman–Crippen LogP) is 4.20. The van der Waals surface area contributed by atoms with Gasteiger partial charge in [-0.25, -0.2) is 0 Å². The van der Waals surface area contributed by atoms with Gasteiger partial charge >= 0.3 is 0 Å². The summed E-state index contributed by atoms with van der Waals surface area (Å²) in [6.07, 6.45) is 2.69. The highest BCUT2D eigenvalue weighted by Gasteiger charge is 2.41. The molecule has 2 aromatic heterocycles. The van der Waals surface area contributed by atoms with E-state index < -0.39 is 0 Å². The van der Waals surface area contributed by atoms with Crippen LogP contribution in [0.3, 0.4) is 0 Å². The summed E-state index contributed by atoms with van der Waals surface area (Å²) in [6.45, 7) is 5.62. The van der Waals surface area contributed by atoms with E-state index in [9.17, 15) is 5.11 Å². The van der Waals surface area contributed by atoms with Crippen LogP contribution in [-0.2, 0) is 4.74 Å². The Kier molecular flexibility index (Phi) is 6.25. The van der Waals surface area contributed by atoms with Gasteiger partial charge in [0.25, 0.3) is 0 Å². The van der Waals surface area contributed by atoms with Crippen molar-refractivity contribution >= 4 is 17.3 Å². The van der Waals surface area contributed by atoms with Crippen molar-refractivity contribution < 1.29 is 9.84 Å². The maximum Gasteiger partial charge on any atom is 0.170 e. The summed E-state index contributed by atoms with van der Waals surface area (Å²) in [5, 5.41) is 14.7. The zero-order chi connectivity index (χ0) is 22.0. The zero-order valence-corrected chi connectivity index (χ0v) is 18.9. The van der Waals surface area contributed by atoms with Crippen LogP contribution in [0.1, 0.15) is 41.1 Å². The van der Waals surface area contributed by atoms with Crippen LogP contribution in [0.25, 0.3) is 5.69 Å². The van der Waals surface area contributed by atoms with Gasteiger partial charge in [-0.1, -0.05) is 18.2 Å². The van der Waals surface area contributed by atoms with Crippen LogP contribution in [0.2, 0.25) is 0 Å². The van der Waals surface area contributed by atoms with Crippen LogP contribution in [-0.4, -0.2) is 44.9 Å². The summed E-state index contributed by atoms with van der Waals surface area (Å²) >= 11 is 5.74. The Labute approximate surface area is 188 Å². The highest BCUT2D eigenvalue weighted by molar-refractivity contribution is 7.80. The second-order valence-corrected chi connectivity index (χ2v) is 8.20. The fraction of sp³-hybridized carbons (Fsp3) is 0.333. The monoisotopic (exact) mass is 436 g/mol. The van der Waals surface area contributed by atoms with Crippen molar-refractivity contribution in [1.29, 1.82) is 0 Å². The van der Waals surface area contributed by atoms with Crippen LogP contribution >= 0.6 is 12.2 Å². The molecule has 1 fully saturated rings. The van der Waals surface area contributed by atoms with Crippen molar-refractivity contribution in [2.45, 2.75) is 32.4 Å². The van der Waals surface area contributed by atoms with E-state index in [1.165, 1.54) is 5.56 Å². The normalized spacial score (nSPS) is 18.4. The Morgan fingerprint density at radius 3 is 2.65 bits per heavy atom. The van der Waals surface area contributed by atoms with Gasteiger partial charge in [0.05, 0.1) is 23.5 Å². The highest BCUT2D eigenvalue weighted by atomic mass is 32.1. The molecular weight excluding hydrogens is 408 g/mol. The third kappa shape index (κ3) is 4.03. The number of para-hydroxylation sites is 2. The van der Waals surface area contributed by atoms with Crippen LogP contribution in [0, 0.1) is 13.8 Å². The molecule has 2 N–H and O–H groups in total. The zero-order valence-electron chi connectivity index (χ0n) is 18.1. The summed E-state index contributed by atoms with van der Waals surface area (Å²) in [5.74, 6) is 0.258. The van der Waals surface area contributed by atoms with E-state index in [4.69, 9.17) is 17.0 Å². The quantitative estimate of drug-likeness (QED) is 0.428. The summed E-state index contributed by atoms with van der Waals surface area (Å²) in [6, 6.07) is 15.5. The number of nitrogens with one attached hydrogen (secondary N) is 1. The summed E-state index contributed by atoms with van der Waals surface area (Å²) in [7, 11) is 1.72. The van der Waals surface area contributed by atoms with Crippen LogP contribution < -0.4 is 5.32 Å². The molecule has 1 aromatic carbocycles. The molecule has 1 aliphatic rings. The van der Waals surface area contributed by atoms with Gasteiger partial charge in [0.15, 0.2) is 5.11 Å². The molecule has 1 aliphatic heterocycles. The van der Waals surface area contributed by atoms with Crippen LogP contribution in [0.15, 0.2) is 54.7 Å². The standard InChI is InChI=1S/C24H28N4O2S/c1-16-15-18(17(2)28(16)20-10-4-5-11-21(20)29)23-22(19-9-6-7-12-25-19)26-24(31)27(23)13-8-14-30-3/h4-7,9-12,15,22-23,29H,8,13-14H2,1-3H3,(H,26,31)/t22-,23+/m1/s1. The second kappa shape index (κ2) is 9.08. The van der Waals surface area contributed by atoms with E-state index in [2.05, 4.69) is 39.7 Å². The number of benzene rings is 1. The van der Waals surface area contributed by atoms with Crippen molar-refractivity contribution in [2.24, 2.45) is 0 Å². The first-order valence-electron chi connectivity index (χ1n) is 10.5. The summed E-state index contributed by atoms with van der Waals surface area (Å²) in [4.78, 5) is 6.85. The van der Waals surface area contributed by atoms with Crippen LogP contribution in [0.4, 0.5) is 0 Å². The van der Waals surface area contributed by atoms with E-state index in [0.29, 0.717) is 6.61 Å². The molecule has 162 valence electrons. The lowest BCUT2D eigenvalue weighted by molar-refractivity contribution is 0.180. The fourth-order valence-corrected chi connectivity index (χ4v) is 4.81. The molecule has 6 nitrogen and oxygen atoms in total. The number of aromatic hydroxyl groups is 1. The van der Waals surface area contributed by atoms with Gasteiger partial charge in [0.2, 0.25) is 0 Å². The first kappa shape index (κ1) is 21.3. The smallest absolute Gasteiger partial charge is 0.170 e. The third-order valence-electron chi connectivity index (χ3n) is 5.86. The van der Waals surface area contributed by atoms with Crippen molar-refractivity contribution in [3.8, 4) is 11.4 Å². The number of nitrogens with zero attached hydrogens (tertiary/aromatic N) is 3. The Balaban J connectivity index is 1.80. The minimum absolute atomic E-state index is 0.00920. The molecule has 3 heterocycles. The van der Waals surface area contributed by atoms with E-state index in [1.54, 1.807) is 13.2 Å². The lowest BCUT2D eigenvalue weighted by Crippen LogP contribution is -2.31. The Hall–Kier alpha value is -2.90. The molecule has 0 saturated carbocycles. The Bertz CT molecular complexity index is 1070. The molecule has 2 atom stereocenters. The van der Waals surface area contributed by atoms with E-state index in [-0.39, 0.29) is 17.8 Å². The first-order valence-corrected chi connectivity index (χ1v) is 10.9. The maximum atomic E-state index is 10.5. The number of phenols is 1. The number of ether oxygens (including phenoxy) is 1. The van der Waals surface area contributed by atoms with Gasteiger partial charge in [-0.3, -0.25) is 4.98 Å². The van der Waals surface area contributed by atoms with Crippen molar-refractivity contribution in [3.63, 3.8) is 0 Å². The Morgan fingerprint density at radius 1 is 1.16 bits per heavy atom. The van der Waals surface area contributed by atoms with Gasteiger partial charge < -0.3 is 24.6 Å². The molecule has 4 rings (SSSR count). The average molecular weight is 437 g/mol. The van der Waals surface area contributed by atoms with Gasteiger partial charge in [-0.05, 0) is 68.4 Å². The third-order valence-corrected chi connectivity index (χ3v) is 6.21. The van der Waals surface area contributed by atoms with Crippen molar-refractivity contribution in [1.82, 2.24) is 19.8 Å². The average Bonchev–Trinajstić information content (AvgIpc) is 3.25. The molecule has 3 aromatic rings. The number of aryl methyl sites for hydroxylation is 1. The molecule has 0 spiro atoms. The molecular formula is C24H28N4O2S. The second-order valence-electron chi connectivity index (χ2n) is 7.82. The number of rotatable bonds is 7. The maximum absolute atomic E-state index is 10.5. The minimum atomic E-state index is -0.0606. The molecule has 0 amide bonds. The van der Waals surface area contributed by atoms with E-state index in [1.807, 2.05) is 42.6 Å². The Morgan fingerprint density at radius 2 is 1.94 bits per heavy atom. The van der Waals surface area contributed by atoms with Gasteiger partial charge in [0, 0.05) is 37.8 Å². The number of aromatic nitrogens is 2. The largest absolute Gasteiger partial charge is 0.506 e. The fourth-order valence-electron chi connectivity index (χ4n) is 4.48. The summed E-state index contributed by atoms with van der Waals surface area (Å²) in [5.41, 5.74) is 5.03. The molecule has 0 unspecified atom stereocenters. The summed E-state index contributed by atoms with van der Waals surface area (Å²) < 4.78 is 7.38. The molecule has 0 radical (unpaired) electrons. The first-order chi connectivity index (χ1) is 15.0. The highest BCUT2D eigenvalue weighted by Crippen LogP contribution is 2.41. The van der Waals surface area contributed by atoms with Gasteiger partial charge in [-0.15, -0.1) is 0 Å². The molecule has 7 heteroatoms. The van der Waals surface area contributed by atoms with Gasteiger partial charge in [-0.2, -0.15) is 0 Å². The van der Waals surface area contributed by atoms with Crippen molar-refractivity contribution in [2.75, 3.05) is 20.3 Å². The van der Waals surface area contributed by atoms with Crippen LogP contribution in [0.5, 0.6) is 5.75 Å².